The Bertz CT molecular complexity index is 581. The van der Waals surface area contributed by atoms with Gasteiger partial charge in [0.15, 0.2) is 0 Å². The summed E-state index contributed by atoms with van der Waals surface area (Å²) in [7, 11) is 1.89. The largest absolute Gasteiger partial charge is 0.310 e. The maximum atomic E-state index is 14.0. The van der Waals surface area contributed by atoms with Crippen molar-refractivity contribution in [2.75, 3.05) is 6.54 Å². The summed E-state index contributed by atoms with van der Waals surface area (Å²) in [6, 6.07) is 5.61. The number of nitrogens with one attached hydrogen (secondary N) is 1. The van der Waals surface area contributed by atoms with Gasteiger partial charge in [-0.05, 0) is 37.9 Å². The molecule has 21 heavy (non-hydrogen) atoms. The van der Waals surface area contributed by atoms with E-state index in [2.05, 4.69) is 17.3 Å². The summed E-state index contributed by atoms with van der Waals surface area (Å²) in [6.07, 6.45) is 4.24. The number of benzene rings is 1. The number of rotatable bonds is 7. The Morgan fingerprint density at radius 1 is 1.29 bits per heavy atom. The highest BCUT2D eigenvalue weighted by atomic mass is 19.1. The minimum absolute atomic E-state index is 0.125. The topological polar surface area (TPSA) is 29.9 Å². The Morgan fingerprint density at radius 3 is 2.71 bits per heavy atom. The van der Waals surface area contributed by atoms with Gasteiger partial charge < -0.3 is 5.32 Å². The van der Waals surface area contributed by atoms with Crippen molar-refractivity contribution in [2.45, 2.75) is 32.2 Å². The normalized spacial score (nSPS) is 12.6. The Hall–Kier alpha value is -1.75. The number of aromatic nitrogens is 2. The van der Waals surface area contributed by atoms with Crippen LogP contribution >= 0.6 is 0 Å². The molecule has 1 aromatic carbocycles. The van der Waals surface area contributed by atoms with Gasteiger partial charge in [0, 0.05) is 36.6 Å². The van der Waals surface area contributed by atoms with Gasteiger partial charge >= 0.3 is 0 Å². The highest BCUT2D eigenvalue weighted by molar-refractivity contribution is 5.22. The molecule has 0 aliphatic heterocycles. The van der Waals surface area contributed by atoms with Crippen molar-refractivity contribution in [3.05, 3.63) is 53.4 Å². The van der Waals surface area contributed by atoms with E-state index in [1.54, 1.807) is 6.20 Å². The van der Waals surface area contributed by atoms with Crippen molar-refractivity contribution in [2.24, 2.45) is 7.05 Å². The third kappa shape index (κ3) is 4.11. The molecule has 2 aromatic rings. The molecule has 0 bridgehead atoms. The molecule has 1 heterocycles. The predicted molar refractivity (Wildman–Crippen MR) is 78.9 cm³/mol. The van der Waals surface area contributed by atoms with E-state index >= 15 is 0 Å². The number of aryl methyl sites for hydroxylation is 2. The van der Waals surface area contributed by atoms with Crippen LogP contribution in [0.5, 0.6) is 0 Å². The first kappa shape index (κ1) is 15.6. The first-order valence-corrected chi connectivity index (χ1v) is 7.27. The van der Waals surface area contributed by atoms with E-state index in [-0.39, 0.29) is 6.04 Å². The van der Waals surface area contributed by atoms with Crippen molar-refractivity contribution >= 4 is 0 Å². The summed E-state index contributed by atoms with van der Waals surface area (Å²) >= 11 is 0. The quantitative estimate of drug-likeness (QED) is 0.848. The lowest BCUT2D eigenvalue weighted by Gasteiger charge is -2.19. The average Bonchev–Trinajstić information content (AvgIpc) is 2.85. The van der Waals surface area contributed by atoms with Crippen molar-refractivity contribution in [3.8, 4) is 0 Å². The second-order valence-electron chi connectivity index (χ2n) is 5.16. The van der Waals surface area contributed by atoms with E-state index in [0.717, 1.165) is 37.6 Å². The van der Waals surface area contributed by atoms with Crippen LogP contribution in [0, 0.1) is 11.6 Å². The van der Waals surface area contributed by atoms with Crippen LogP contribution in [-0.2, 0) is 13.5 Å². The molecule has 0 aliphatic rings. The first-order chi connectivity index (χ1) is 10.1. The van der Waals surface area contributed by atoms with E-state index in [1.807, 2.05) is 17.8 Å². The van der Waals surface area contributed by atoms with Crippen molar-refractivity contribution in [1.82, 2.24) is 15.1 Å². The molecule has 1 N–H and O–H groups in total. The van der Waals surface area contributed by atoms with Gasteiger partial charge in [-0.1, -0.05) is 13.0 Å². The van der Waals surface area contributed by atoms with Crippen LogP contribution in [0.3, 0.4) is 0 Å². The van der Waals surface area contributed by atoms with Gasteiger partial charge in [0.2, 0.25) is 0 Å². The van der Waals surface area contributed by atoms with Gasteiger partial charge in [-0.2, -0.15) is 5.10 Å². The van der Waals surface area contributed by atoms with E-state index in [0.29, 0.717) is 5.56 Å². The van der Waals surface area contributed by atoms with Crippen LogP contribution in [0.2, 0.25) is 0 Å². The van der Waals surface area contributed by atoms with Gasteiger partial charge in [-0.3, -0.25) is 4.68 Å². The maximum absolute atomic E-state index is 14.0. The van der Waals surface area contributed by atoms with Gasteiger partial charge in [-0.15, -0.1) is 0 Å². The van der Waals surface area contributed by atoms with E-state index in [9.17, 15) is 8.78 Å². The van der Waals surface area contributed by atoms with Crippen LogP contribution in [0.4, 0.5) is 8.78 Å². The van der Waals surface area contributed by atoms with Crippen molar-refractivity contribution in [3.63, 3.8) is 0 Å². The standard InChI is InChI=1S/C16H21F2N3/c1-3-9-19-16(7-5-13-8-10-20-21(13)2)14-6-4-12(17)11-15(14)18/h4,6,8,10-11,16,19H,3,5,7,9H2,1-2H3. The molecule has 0 fully saturated rings. The number of hydrogen-bond acceptors (Lipinski definition) is 2. The molecule has 0 radical (unpaired) electrons. The van der Waals surface area contributed by atoms with E-state index in [4.69, 9.17) is 0 Å². The lowest BCUT2D eigenvalue weighted by atomic mass is 10.00. The average molecular weight is 293 g/mol. The Kier molecular flexibility index (Phi) is 5.44. The maximum Gasteiger partial charge on any atom is 0.130 e. The van der Waals surface area contributed by atoms with Gasteiger partial charge in [0.25, 0.3) is 0 Å². The molecule has 1 atom stereocenters. The van der Waals surface area contributed by atoms with E-state index < -0.39 is 11.6 Å². The molecule has 114 valence electrons. The molecule has 2 rings (SSSR count). The molecule has 5 heteroatoms. The summed E-state index contributed by atoms with van der Waals surface area (Å²) in [5.41, 5.74) is 1.62. The highest BCUT2D eigenvalue weighted by Gasteiger charge is 2.16. The first-order valence-electron chi connectivity index (χ1n) is 7.27. The molecule has 0 amide bonds. The summed E-state index contributed by atoms with van der Waals surface area (Å²) in [6.45, 7) is 2.86. The fraction of sp³-hybridized carbons (Fsp3) is 0.438. The Balaban J connectivity index is 2.12. The smallest absolute Gasteiger partial charge is 0.130 e. The summed E-state index contributed by atoms with van der Waals surface area (Å²) in [5.74, 6) is -1.04. The van der Waals surface area contributed by atoms with Crippen LogP contribution in [0.25, 0.3) is 0 Å². The monoisotopic (exact) mass is 293 g/mol. The third-order valence-electron chi connectivity index (χ3n) is 3.59. The molecule has 0 saturated carbocycles. The van der Waals surface area contributed by atoms with Crippen LogP contribution in [0.1, 0.15) is 37.1 Å². The molecule has 1 aromatic heterocycles. The van der Waals surface area contributed by atoms with Gasteiger partial charge in [-0.25, -0.2) is 8.78 Å². The lowest BCUT2D eigenvalue weighted by molar-refractivity contribution is 0.464. The molecule has 0 saturated heterocycles. The zero-order chi connectivity index (χ0) is 15.2. The zero-order valence-electron chi connectivity index (χ0n) is 12.4. The zero-order valence-corrected chi connectivity index (χ0v) is 12.4. The number of nitrogens with zero attached hydrogens (tertiary/aromatic N) is 2. The van der Waals surface area contributed by atoms with Crippen LogP contribution < -0.4 is 5.32 Å². The molecule has 0 aliphatic carbocycles. The summed E-state index contributed by atoms with van der Waals surface area (Å²) < 4.78 is 28.8. The summed E-state index contributed by atoms with van der Waals surface area (Å²) in [5, 5.41) is 7.47. The molecule has 3 nitrogen and oxygen atoms in total. The minimum atomic E-state index is -0.544. The fourth-order valence-corrected chi connectivity index (χ4v) is 2.41. The van der Waals surface area contributed by atoms with Crippen LogP contribution in [-0.4, -0.2) is 16.3 Å². The SMILES string of the molecule is CCCNC(CCc1ccnn1C)c1ccc(F)cc1F. The Labute approximate surface area is 124 Å². The predicted octanol–water partition coefficient (Wildman–Crippen LogP) is 3.37. The van der Waals surface area contributed by atoms with Crippen LogP contribution in [0.15, 0.2) is 30.5 Å². The number of halogens is 2. The molecular weight excluding hydrogens is 272 g/mol. The molecular formula is C16H21F2N3. The fourth-order valence-electron chi connectivity index (χ4n) is 2.41. The Morgan fingerprint density at radius 2 is 2.10 bits per heavy atom. The second kappa shape index (κ2) is 7.31. The lowest BCUT2D eigenvalue weighted by Crippen LogP contribution is -2.24. The molecule has 1 unspecified atom stereocenters. The second-order valence-corrected chi connectivity index (χ2v) is 5.16. The van der Waals surface area contributed by atoms with E-state index in [1.165, 1.54) is 12.1 Å². The van der Waals surface area contributed by atoms with Gasteiger partial charge in [0.1, 0.15) is 11.6 Å². The van der Waals surface area contributed by atoms with Crippen molar-refractivity contribution < 1.29 is 8.78 Å². The molecule has 0 spiro atoms. The summed E-state index contributed by atoms with van der Waals surface area (Å²) in [4.78, 5) is 0. The minimum Gasteiger partial charge on any atom is -0.310 e. The highest BCUT2D eigenvalue weighted by Crippen LogP contribution is 2.23. The third-order valence-corrected chi connectivity index (χ3v) is 3.59. The number of hydrogen-bond donors (Lipinski definition) is 1. The van der Waals surface area contributed by atoms with Gasteiger partial charge in [0.05, 0.1) is 0 Å². The van der Waals surface area contributed by atoms with Crippen molar-refractivity contribution in [1.29, 1.82) is 0 Å².